The van der Waals surface area contributed by atoms with Crippen LogP contribution in [0.4, 0.5) is 0 Å². The highest BCUT2D eigenvalue weighted by molar-refractivity contribution is 5.71. The van der Waals surface area contributed by atoms with Gasteiger partial charge in [-0.3, -0.25) is 14.8 Å². The molecule has 0 aliphatic rings. The SMILES string of the molecule is COc1ccc(Cc2cncc(-c3cc(-c4c[nH]c(=O)[nH]c4=O)nnc3C)c2)cc1. The van der Waals surface area contributed by atoms with Crippen molar-refractivity contribution in [1.82, 2.24) is 25.1 Å². The molecule has 3 heterocycles. The van der Waals surface area contributed by atoms with Crippen molar-refractivity contribution < 1.29 is 4.74 Å². The fourth-order valence-corrected chi connectivity index (χ4v) is 3.19. The highest BCUT2D eigenvalue weighted by Gasteiger charge is 2.12. The average molecular weight is 401 g/mol. The van der Waals surface area contributed by atoms with Crippen LogP contribution in [0.25, 0.3) is 22.4 Å². The topological polar surface area (TPSA) is 114 Å². The number of hydrogen-bond acceptors (Lipinski definition) is 6. The second kappa shape index (κ2) is 8.12. The normalized spacial score (nSPS) is 10.7. The lowest BCUT2D eigenvalue weighted by molar-refractivity contribution is 0.414. The van der Waals surface area contributed by atoms with Crippen LogP contribution in [0.5, 0.6) is 5.75 Å². The lowest BCUT2D eigenvalue weighted by Crippen LogP contribution is -2.22. The minimum Gasteiger partial charge on any atom is -0.497 e. The van der Waals surface area contributed by atoms with Gasteiger partial charge < -0.3 is 9.72 Å². The monoisotopic (exact) mass is 401 g/mol. The van der Waals surface area contributed by atoms with Crippen LogP contribution in [-0.4, -0.2) is 32.3 Å². The van der Waals surface area contributed by atoms with Gasteiger partial charge in [0.1, 0.15) is 11.4 Å². The number of nitrogens with zero attached hydrogens (tertiary/aromatic N) is 3. The first-order valence-electron chi connectivity index (χ1n) is 9.27. The predicted octanol–water partition coefficient (Wildman–Crippen LogP) is 2.49. The summed E-state index contributed by atoms with van der Waals surface area (Å²) in [5.74, 6) is 0.814. The fourth-order valence-electron chi connectivity index (χ4n) is 3.19. The van der Waals surface area contributed by atoms with E-state index in [-0.39, 0.29) is 5.56 Å². The Morgan fingerprint density at radius 1 is 0.967 bits per heavy atom. The quantitative estimate of drug-likeness (QED) is 0.531. The first-order valence-corrected chi connectivity index (χ1v) is 9.27. The molecule has 30 heavy (non-hydrogen) atoms. The number of aromatic nitrogens is 5. The van der Waals surface area contributed by atoms with Crippen molar-refractivity contribution in [2.45, 2.75) is 13.3 Å². The van der Waals surface area contributed by atoms with Gasteiger partial charge >= 0.3 is 5.69 Å². The number of aromatic amines is 2. The molecule has 150 valence electrons. The molecule has 1 aromatic carbocycles. The molecule has 0 atom stereocenters. The van der Waals surface area contributed by atoms with Crippen LogP contribution < -0.4 is 16.0 Å². The van der Waals surface area contributed by atoms with Crippen molar-refractivity contribution in [1.29, 1.82) is 0 Å². The number of rotatable bonds is 5. The van der Waals surface area contributed by atoms with E-state index >= 15 is 0 Å². The second-order valence-electron chi connectivity index (χ2n) is 6.82. The van der Waals surface area contributed by atoms with Crippen LogP contribution in [0.15, 0.2) is 64.6 Å². The first kappa shape index (κ1) is 19.3. The standard InChI is InChI=1S/C22H19N5O3/c1-13-18(9-20(27-26-13)19-12-24-22(29)25-21(19)28)16-8-15(10-23-11-16)7-14-3-5-17(30-2)6-4-14/h3-6,8-12H,7H2,1-2H3,(H2,24,25,28,29). The molecule has 2 N–H and O–H groups in total. The lowest BCUT2D eigenvalue weighted by atomic mass is 10.0. The Bertz CT molecular complexity index is 1310. The van der Waals surface area contributed by atoms with Gasteiger partial charge in [-0.1, -0.05) is 12.1 Å². The van der Waals surface area contributed by atoms with Crippen molar-refractivity contribution >= 4 is 0 Å². The van der Waals surface area contributed by atoms with Gasteiger partial charge in [0.25, 0.3) is 5.56 Å². The molecule has 8 heteroatoms. The smallest absolute Gasteiger partial charge is 0.325 e. The van der Waals surface area contributed by atoms with E-state index in [1.165, 1.54) is 6.20 Å². The third-order valence-electron chi connectivity index (χ3n) is 4.75. The number of pyridine rings is 1. The van der Waals surface area contributed by atoms with Crippen molar-refractivity contribution in [2.75, 3.05) is 7.11 Å². The Morgan fingerprint density at radius 3 is 2.50 bits per heavy atom. The van der Waals surface area contributed by atoms with E-state index in [1.807, 2.05) is 43.5 Å². The Balaban J connectivity index is 1.69. The van der Waals surface area contributed by atoms with Gasteiger partial charge in [-0.25, -0.2) is 4.79 Å². The van der Waals surface area contributed by atoms with Gasteiger partial charge in [0, 0.05) is 29.7 Å². The molecule has 3 aromatic heterocycles. The van der Waals surface area contributed by atoms with Crippen molar-refractivity contribution in [3.05, 3.63) is 92.6 Å². The van der Waals surface area contributed by atoms with Gasteiger partial charge in [0.15, 0.2) is 0 Å². The van der Waals surface area contributed by atoms with E-state index in [4.69, 9.17) is 4.74 Å². The van der Waals surface area contributed by atoms with Crippen LogP contribution in [0.2, 0.25) is 0 Å². The van der Waals surface area contributed by atoms with Gasteiger partial charge in [-0.15, -0.1) is 5.10 Å². The second-order valence-corrected chi connectivity index (χ2v) is 6.82. The van der Waals surface area contributed by atoms with Crippen LogP contribution in [0, 0.1) is 6.92 Å². The first-order chi connectivity index (χ1) is 14.5. The minimum atomic E-state index is -0.570. The molecular weight excluding hydrogens is 382 g/mol. The third-order valence-corrected chi connectivity index (χ3v) is 4.75. The molecule has 0 radical (unpaired) electrons. The summed E-state index contributed by atoms with van der Waals surface area (Å²) in [5, 5.41) is 8.30. The van der Waals surface area contributed by atoms with E-state index in [0.29, 0.717) is 11.4 Å². The molecule has 8 nitrogen and oxygen atoms in total. The summed E-state index contributed by atoms with van der Waals surface area (Å²) in [6, 6.07) is 11.7. The largest absolute Gasteiger partial charge is 0.497 e. The van der Waals surface area contributed by atoms with Crippen molar-refractivity contribution in [3.63, 3.8) is 0 Å². The van der Waals surface area contributed by atoms with Crippen LogP contribution >= 0.6 is 0 Å². The molecule has 0 aliphatic carbocycles. The number of H-pyrrole nitrogens is 2. The summed E-state index contributed by atoms with van der Waals surface area (Å²) in [6.07, 6.45) is 5.63. The maximum atomic E-state index is 12.1. The van der Waals surface area contributed by atoms with Crippen LogP contribution in [-0.2, 0) is 6.42 Å². The summed E-state index contributed by atoms with van der Waals surface area (Å²) >= 11 is 0. The summed E-state index contributed by atoms with van der Waals surface area (Å²) in [7, 11) is 1.64. The zero-order valence-electron chi connectivity index (χ0n) is 16.5. The highest BCUT2D eigenvalue weighted by atomic mass is 16.5. The van der Waals surface area contributed by atoms with E-state index in [2.05, 4.69) is 25.1 Å². The Hall–Kier alpha value is -4.07. The molecule has 0 bridgehead atoms. The van der Waals surface area contributed by atoms with E-state index in [0.717, 1.165) is 34.4 Å². The molecule has 0 saturated carbocycles. The lowest BCUT2D eigenvalue weighted by Gasteiger charge is -2.09. The molecule has 0 amide bonds. The van der Waals surface area contributed by atoms with E-state index in [1.54, 1.807) is 19.4 Å². The number of ether oxygens (including phenoxy) is 1. The maximum Gasteiger partial charge on any atom is 0.325 e. The minimum absolute atomic E-state index is 0.241. The fraction of sp³-hybridized carbons (Fsp3) is 0.136. The number of hydrogen-bond donors (Lipinski definition) is 2. The number of benzene rings is 1. The summed E-state index contributed by atoms with van der Waals surface area (Å²) in [4.78, 5) is 32.4. The molecule has 4 rings (SSSR count). The van der Waals surface area contributed by atoms with Crippen molar-refractivity contribution in [3.8, 4) is 28.1 Å². The van der Waals surface area contributed by atoms with Gasteiger partial charge in [0.05, 0.1) is 18.4 Å². The molecule has 4 aromatic rings. The zero-order chi connectivity index (χ0) is 21.1. The molecule has 0 spiro atoms. The van der Waals surface area contributed by atoms with Crippen molar-refractivity contribution in [2.24, 2.45) is 0 Å². The highest BCUT2D eigenvalue weighted by Crippen LogP contribution is 2.26. The Morgan fingerprint density at radius 2 is 1.77 bits per heavy atom. The van der Waals surface area contributed by atoms with Gasteiger partial charge in [-0.2, -0.15) is 5.10 Å². The summed E-state index contributed by atoms with van der Waals surface area (Å²) in [6.45, 7) is 1.85. The number of methoxy groups -OCH3 is 1. The Kier molecular flexibility index (Phi) is 5.21. The molecule has 0 unspecified atom stereocenters. The summed E-state index contributed by atoms with van der Waals surface area (Å²) < 4.78 is 5.20. The third kappa shape index (κ3) is 4.02. The van der Waals surface area contributed by atoms with E-state index in [9.17, 15) is 9.59 Å². The molecule has 0 aliphatic heterocycles. The van der Waals surface area contributed by atoms with Crippen LogP contribution in [0.1, 0.15) is 16.8 Å². The molecule has 0 fully saturated rings. The average Bonchev–Trinajstić information content (AvgIpc) is 2.75. The van der Waals surface area contributed by atoms with Crippen LogP contribution in [0.3, 0.4) is 0 Å². The van der Waals surface area contributed by atoms with Gasteiger partial charge in [0.2, 0.25) is 0 Å². The molecule has 0 saturated heterocycles. The number of nitrogens with one attached hydrogen (secondary N) is 2. The Labute approximate surface area is 171 Å². The predicted molar refractivity (Wildman–Crippen MR) is 112 cm³/mol. The molecular formula is C22H19N5O3. The van der Waals surface area contributed by atoms with Gasteiger partial charge in [-0.05, 0) is 48.7 Å². The van der Waals surface area contributed by atoms with E-state index < -0.39 is 11.2 Å². The number of aryl methyl sites for hydroxylation is 1. The maximum absolute atomic E-state index is 12.1. The summed E-state index contributed by atoms with van der Waals surface area (Å²) in [5.41, 5.74) is 4.10. The zero-order valence-corrected chi connectivity index (χ0v) is 16.5.